The lowest BCUT2D eigenvalue weighted by atomic mass is 9.90. The second-order valence-corrected chi connectivity index (χ2v) is 4.39. The van der Waals surface area contributed by atoms with Gasteiger partial charge in [-0.2, -0.15) is 0 Å². The van der Waals surface area contributed by atoms with Gasteiger partial charge in [0.15, 0.2) is 0 Å². The van der Waals surface area contributed by atoms with E-state index < -0.39 is 23.9 Å². The zero-order chi connectivity index (χ0) is 13.4. The summed E-state index contributed by atoms with van der Waals surface area (Å²) < 4.78 is 0. The number of carbonyl (C=O) groups excluding carboxylic acids is 2. The fourth-order valence-electron chi connectivity index (χ4n) is 2.81. The summed E-state index contributed by atoms with van der Waals surface area (Å²) in [7, 11) is 1.45. The van der Waals surface area contributed by atoms with Crippen molar-refractivity contribution in [1.82, 2.24) is 9.80 Å². The Morgan fingerprint density at radius 3 is 1.83 bits per heavy atom. The number of amides is 2. The van der Waals surface area contributed by atoms with Gasteiger partial charge >= 0.3 is 0 Å². The molecule has 0 saturated carbocycles. The van der Waals surface area contributed by atoms with Gasteiger partial charge in [-0.05, 0) is 0 Å². The van der Waals surface area contributed by atoms with Crippen LogP contribution in [0.5, 0.6) is 0 Å². The number of hydrogen-bond acceptors (Lipinski definition) is 3. The Kier molecular flexibility index (Phi) is 2.87. The molecule has 0 unspecified atom stereocenters. The van der Waals surface area contributed by atoms with Gasteiger partial charge in [-0.3, -0.25) is 19.4 Å². The number of fused-ring (bicyclic) bond motifs is 1. The van der Waals surface area contributed by atoms with E-state index in [0.29, 0.717) is 0 Å². The van der Waals surface area contributed by atoms with Crippen LogP contribution in [0.15, 0.2) is 0 Å². The highest BCUT2D eigenvalue weighted by Crippen LogP contribution is 2.41. The van der Waals surface area contributed by atoms with Crippen molar-refractivity contribution in [2.24, 2.45) is 11.8 Å². The Hall–Kier alpha value is -2.22. The molecule has 18 heavy (non-hydrogen) atoms. The van der Waals surface area contributed by atoms with Crippen molar-refractivity contribution < 1.29 is 9.59 Å². The van der Waals surface area contributed by atoms with E-state index in [1.165, 1.54) is 7.05 Å². The predicted octanol–water partition coefficient (Wildman–Crippen LogP) is -0.830. The summed E-state index contributed by atoms with van der Waals surface area (Å²) in [6.07, 6.45) is 16.2. The average Bonchev–Trinajstić information content (AvgIpc) is 2.79. The summed E-state index contributed by atoms with van der Waals surface area (Å²) in [4.78, 5) is 26.9. The van der Waals surface area contributed by atoms with Gasteiger partial charge in [0.25, 0.3) is 0 Å². The maximum absolute atomic E-state index is 12.0. The molecule has 90 valence electrons. The van der Waals surface area contributed by atoms with E-state index >= 15 is 0 Å². The number of nitrogens with zero attached hydrogens (tertiary/aromatic N) is 2. The van der Waals surface area contributed by atoms with Crippen LogP contribution in [-0.4, -0.2) is 47.3 Å². The monoisotopic (exact) mass is 240 g/mol. The third-order valence-electron chi connectivity index (χ3n) is 3.63. The van der Waals surface area contributed by atoms with Crippen molar-refractivity contribution in [2.45, 2.75) is 12.1 Å². The van der Waals surface area contributed by atoms with Gasteiger partial charge < -0.3 is 0 Å². The van der Waals surface area contributed by atoms with Gasteiger partial charge in [0.2, 0.25) is 11.8 Å². The second-order valence-electron chi connectivity index (χ2n) is 4.39. The summed E-state index contributed by atoms with van der Waals surface area (Å²) in [5.74, 6) is 5.87. The van der Waals surface area contributed by atoms with E-state index in [9.17, 15) is 9.59 Å². The standard InChI is InChI=1S/C14H12N2O2/c1-5-8-16-9(6-2)11-12(10(16)7-3)14(18)15(4)13(11)17/h1-3,9-12H,8H2,4H3/t9-,10-,11-,12+/m0/s1. The molecule has 0 aromatic carbocycles. The summed E-state index contributed by atoms with van der Waals surface area (Å²) >= 11 is 0. The van der Waals surface area contributed by atoms with Crippen molar-refractivity contribution in [3.05, 3.63) is 0 Å². The van der Waals surface area contributed by atoms with Gasteiger partial charge in [-0.15, -0.1) is 19.3 Å². The van der Waals surface area contributed by atoms with E-state index in [-0.39, 0.29) is 18.4 Å². The minimum Gasteiger partial charge on any atom is -0.285 e. The van der Waals surface area contributed by atoms with Crippen LogP contribution in [0.2, 0.25) is 0 Å². The lowest BCUT2D eigenvalue weighted by Crippen LogP contribution is -2.42. The molecule has 2 amide bonds. The van der Waals surface area contributed by atoms with Gasteiger partial charge in [0, 0.05) is 7.05 Å². The molecule has 2 heterocycles. The lowest BCUT2D eigenvalue weighted by Gasteiger charge is -2.25. The number of rotatable bonds is 1. The Balaban J connectivity index is 2.48. The Morgan fingerprint density at radius 2 is 1.50 bits per heavy atom. The van der Waals surface area contributed by atoms with Gasteiger partial charge in [0.05, 0.1) is 30.5 Å². The fourth-order valence-corrected chi connectivity index (χ4v) is 2.81. The number of imide groups is 1. The third-order valence-corrected chi connectivity index (χ3v) is 3.63. The van der Waals surface area contributed by atoms with Crippen LogP contribution >= 0.6 is 0 Å². The van der Waals surface area contributed by atoms with E-state index in [0.717, 1.165) is 4.90 Å². The quantitative estimate of drug-likeness (QED) is 0.444. The zero-order valence-electron chi connectivity index (χ0n) is 9.96. The first kappa shape index (κ1) is 12.2. The molecule has 0 aromatic heterocycles. The molecule has 0 bridgehead atoms. The molecule has 4 heteroatoms. The van der Waals surface area contributed by atoms with Crippen LogP contribution in [0, 0.1) is 48.9 Å². The number of carbonyl (C=O) groups is 2. The molecule has 0 aliphatic carbocycles. The minimum atomic E-state index is -0.568. The first-order valence-electron chi connectivity index (χ1n) is 5.51. The molecule has 2 saturated heterocycles. The Morgan fingerprint density at radius 1 is 1.06 bits per heavy atom. The largest absolute Gasteiger partial charge is 0.285 e. The van der Waals surface area contributed by atoms with Gasteiger partial charge in [0.1, 0.15) is 0 Å². The van der Waals surface area contributed by atoms with Gasteiger partial charge in [-0.1, -0.05) is 17.8 Å². The first-order valence-corrected chi connectivity index (χ1v) is 5.51. The molecule has 2 aliphatic rings. The average molecular weight is 240 g/mol. The molecule has 0 spiro atoms. The topological polar surface area (TPSA) is 40.6 Å². The highest BCUT2D eigenvalue weighted by molar-refractivity contribution is 6.06. The molecule has 0 aromatic rings. The van der Waals surface area contributed by atoms with Crippen molar-refractivity contribution >= 4 is 11.8 Å². The van der Waals surface area contributed by atoms with Crippen molar-refractivity contribution in [1.29, 1.82) is 0 Å². The van der Waals surface area contributed by atoms with Crippen LogP contribution < -0.4 is 0 Å². The van der Waals surface area contributed by atoms with E-state index in [1.54, 1.807) is 4.90 Å². The maximum atomic E-state index is 12.0. The highest BCUT2D eigenvalue weighted by Gasteiger charge is 2.60. The molecule has 2 aliphatic heterocycles. The molecule has 0 N–H and O–H groups in total. The van der Waals surface area contributed by atoms with E-state index in [1.807, 2.05) is 0 Å². The molecular weight excluding hydrogens is 228 g/mol. The minimum absolute atomic E-state index is 0.237. The second kappa shape index (κ2) is 4.22. The van der Waals surface area contributed by atoms with Crippen LogP contribution in [0.1, 0.15) is 0 Å². The molecule has 2 rings (SSSR count). The number of terminal acetylenes is 3. The zero-order valence-corrected chi connectivity index (χ0v) is 9.96. The first-order chi connectivity index (χ1) is 8.58. The smallest absolute Gasteiger partial charge is 0.235 e. The maximum Gasteiger partial charge on any atom is 0.235 e. The van der Waals surface area contributed by atoms with Crippen molar-refractivity contribution in [2.75, 3.05) is 13.6 Å². The Labute approximate surface area is 106 Å². The predicted molar refractivity (Wildman–Crippen MR) is 65.5 cm³/mol. The summed E-state index contributed by atoms with van der Waals surface area (Å²) in [5.41, 5.74) is 0. The van der Waals surface area contributed by atoms with Gasteiger partial charge in [-0.25, -0.2) is 0 Å². The normalized spacial score (nSPS) is 34.9. The van der Waals surface area contributed by atoms with E-state index in [4.69, 9.17) is 19.3 Å². The van der Waals surface area contributed by atoms with Crippen LogP contribution in [-0.2, 0) is 9.59 Å². The highest BCUT2D eigenvalue weighted by atomic mass is 16.2. The molecule has 4 nitrogen and oxygen atoms in total. The summed E-state index contributed by atoms with van der Waals surface area (Å²) in [6, 6.07) is -1.01. The Bertz CT molecular complexity index is 491. The van der Waals surface area contributed by atoms with E-state index in [2.05, 4.69) is 17.8 Å². The molecule has 4 atom stereocenters. The molecule has 0 radical (unpaired) electrons. The SMILES string of the molecule is C#CCN1[C@@H](C#C)[C@@H]2C(=O)N(C)C(=O)[C@@H]2[C@@H]1C#C. The van der Waals surface area contributed by atoms with Crippen LogP contribution in [0.25, 0.3) is 0 Å². The summed E-state index contributed by atoms with van der Waals surface area (Å²) in [6.45, 7) is 0.237. The third kappa shape index (κ3) is 1.35. The van der Waals surface area contributed by atoms with Crippen LogP contribution in [0.3, 0.4) is 0 Å². The number of likely N-dealkylation sites (tertiary alicyclic amines) is 2. The summed E-state index contributed by atoms with van der Waals surface area (Å²) in [5, 5.41) is 0. The van der Waals surface area contributed by atoms with Crippen molar-refractivity contribution in [3.63, 3.8) is 0 Å². The lowest BCUT2D eigenvalue weighted by molar-refractivity contribution is -0.139. The molecular formula is C14H12N2O2. The fraction of sp³-hybridized carbons (Fsp3) is 0.429. The van der Waals surface area contributed by atoms with Crippen LogP contribution in [0.4, 0.5) is 0 Å². The van der Waals surface area contributed by atoms with Crippen molar-refractivity contribution in [3.8, 4) is 37.0 Å². The number of hydrogen-bond donors (Lipinski definition) is 0. The molecule has 2 fully saturated rings.